The van der Waals surface area contributed by atoms with Gasteiger partial charge in [0.25, 0.3) is 0 Å². The van der Waals surface area contributed by atoms with E-state index in [-0.39, 0.29) is 11.3 Å². The van der Waals surface area contributed by atoms with Crippen molar-refractivity contribution < 1.29 is 44.7 Å². The van der Waals surface area contributed by atoms with Crippen molar-refractivity contribution in [2.45, 2.75) is 64.4 Å². The van der Waals surface area contributed by atoms with Gasteiger partial charge in [-0.1, -0.05) is 40.7 Å². The Kier molecular flexibility index (Phi) is 6.39. The number of aliphatic hydroxyl groups is 4. The predicted molar refractivity (Wildman–Crippen MR) is 134 cm³/mol. The summed E-state index contributed by atoms with van der Waals surface area (Å²) in [6.07, 6.45) is -5.48. The fraction of sp³-hybridized carbons (Fsp3) is 0.615. The maximum atomic E-state index is 14.0. The summed E-state index contributed by atoms with van der Waals surface area (Å²) in [4.78, 5) is 51.4. The standard InChI is InChI=1S/C26H33BN2O9/c1-8(2)14-18(32)13(21(28)35)19(33)26(38)20(34)15-17(31)12-10(6-7-11(16(12)30)29-23(27)37)9(3)24(15,4)22(36)25(14,26)5/h6-9,13-15,18,20,22,30,32,34,36,38H,1-5H3,(H2,28,35)(H,29,37)/t9-,13-,14+,15-,18?,20?,22-,24+,25+,26+/m1/s1. The van der Waals surface area contributed by atoms with Crippen molar-refractivity contribution >= 4 is 36.8 Å². The molecule has 4 rings (SSSR count). The Balaban J connectivity index is 2.03. The Morgan fingerprint density at radius 1 is 1.13 bits per heavy atom. The maximum absolute atomic E-state index is 14.0. The van der Waals surface area contributed by atoms with Crippen LogP contribution in [0.15, 0.2) is 12.1 Å². The molecule has 2 saturated carbocycles. The second-order valence-corrected chi connectivity index (χ2v) is 11.7. The van der Waals surface area contributed by atoms with Gasteiger partial charge in [-0.3, -0.25) is 19.2 Å². The average Bonchev–Trinajstić information content (AvgIpc) is 2.80. The lowest BCUT2D eigenvalue weighted by atomic mass is 9.36. The van der Waals surface area contributed by atoms with Gasteiger partial charge in [0.05, 0.1) is 29.4 Å². The van der Waals surface area contributed by atoms with Gasteiger partial charge in [0, 0.05) is 10.8 Å². The molecule has 0 aromatic heterocycles. The van der Waals surface area contributed by atoms with Crippen LogP contribution >= 0.6 is 0 Å². The highest BCUT2D eigenvalue weighted by Gasteiger charge is 2.80. The summed E-state index contributed by atoms with van der Waals surface area (Å²) < 4.78 is 0. The molecule has 12 heteroatoms. The fourth-order valence-corrected chi connectivity index (χ4v) is 7.99. The number of carbonyl (C=O) groups excluding carboxylic acids is 4. The molecule has 0 aliphatic heterocycles. The first-order valence-electron chi connectivity index (χ1n) is 12.5. The molecule has 11 nitrogen and oxygen atoms in total. The largest absolute Gasteiger partial charge is 0.505 e. The molecule has 0 saturated heterocycles. The van der Waals surface area contributed by atoms with Gasteiger partial charge in [-0.15, -0.1) is 0 Å². The van der Waals surface area contributed by atoms with Crippen molar-refractivity contribution in [2.75, 3.05) is 5.32 Å². The molecule has 1 aromatic carbocycles. The second kappa shape index (κ2) is 8.60. The zero-order valence-corrected chi connectivity index (χ0v) is 21.8. The lowest BCUT2D eigenvalue weighted by molar-refractivity contribution is -0.306. The molecule has 38 heavy (non-hydrogen) atoms. The van der Waals surface area contributed by atoms with Crippen LogP contribution in [0, 0.1) is 34.5 Å². The molecule has 2 fully saturated rings. The van der Waals surface area contributed by atoms with Gasteiger partial charge >= 0.3 is 0 Å². The Hall–Kier alpha value is -2.80. The van der Waals surface area contributed by atoms with Crippen LogP contribution in [-0.2, 0) is 9.59 Å². The smallest absolute Gasteiger partial charge is 0.230 e. The molecule has 8 N–H and O–H groups in total. The summed E-state index contributed by atoms with van der Waals surface area (Å²) in [6, 6.07) is 2.83. The van der Waals surface area contributed by atoms with Crippen LogP contribution in [0.5, 0.6) is 5.75 Å². The van der Waals surface area contributed by atoms with Crippen molar-refractivity contribution in [3.8, 4) is 5.75 Å². The van der Waals surface area contributed by atoms with E-state index in [1.54, 1.807) is 27.7 Å². The van der Waals surface area contributed by atoms with E-state index in [9.17, 15) is 44.7 Å². The number of aromatic hydroxyl groups is 1. The highest BCUT2D eigenvalue weighted by Crippen LogP contribution is 2.68. The number of anilines is 1. The van der Waals surface area contributed by atoms with Crippen molar-refractivity contribution in [1.29, 1.82) is 0 Å². The molecule has 2 unspecified atom stereocenters. The normalized spacial score (nSPS) is 42.2. The summed E-state index contributed by atoms with van der Waals surface area (Å²) in [7, 11) is 5.16. The fourth-order valence-electron chi connectivity index (χ4n) is 7.99. The Morgan fingerprint density at radius 2 is 1.71 bits per heavy atom. The first-order valence-corrected chi connectivity index (χ1v) is 12.5. The number of amides is 2. The van der Waals surface area contributed by atoms with E-state index in [1.165, 1.54) is 19.1 Å². The van der Waals surface area contributed by atoms with Crippen LogP contribution in [0.2, 0.25) is 0 Å². The molecule has 0 heterocycles. The second-order valence-electron chi connectivity index (χ2n) is 11.7. The number of fused-ring (bicyclic) bond motifs is 3. The molecular weight excluding hydrogens is 495 g/mol. The van der Waals surface area contributed by atoms with E-state index in [0.29, 0.717) is 5.56 Å². The van der Waals surface area contributed by atoms with Gasteiger partial charge in [0.2, 0.25) is 13.8 Å². The highest BCUT2D eigenvalue weighted by molar-refractivity contribution is 6.60. The molecule has 2 amide bonds. The Labute approximate surface area is 220 Å². The monoisotopic (exact) mass is 528 g/mol. The van der Waals surface area contributed by atoms with E-state index < -0.39 is 93.4 Å². The first-order chi connectivity index (χ1) is 17.4. The molecule has 1 aromatic rings. The SMILES string of the molecule is [B]C(=O)Nc1ccc2c(c1O)C(=O)[C@@H]1C(O)[C@@]3(O)C(=O)[C@H](C(N)=O)C(O)[C@H](C(C)C)[C@@]3(C)[C@H](O)[C@@]1(C)[C@@H]2C. The number of rotatable bonds is 3. The van der Waals surface area contributed by atoms with Crippen LogP contribution in [0.25, 0.3) is 0 Å². The van der Waals surface area contributed by atoms with Gasteiger partial charge in [-0.05, 0) is 29.4 Å². The van der Waals surface area contributed by atoms with E-state index in [2.05, 4.69) is 5.32 Å². The Bertz CT molecular complexity index is 1250. The van der Waals surface area contributed by atoms with Crippen molar-refractivity contribution in [3.63, 3.8) is 0 Å². The first kappa shape index (κ1) is 28.2. The quantitative estimate of drug-likeness (QED) is 0.157. The lowest BCUT2D eigenvalue weighted by Gasteiger charge is -2.69. The lowest BCUT2D eigenvalue weighted by Crippen LogP contribution is -2.83. The third-order valence-electron chi connectivity index (χ3n) is 9.87. The van der Waals surface area contributed by atoms with Crippen molar-refractivity contribution in [2.24, 2.45) is 40.2 Å². The van der Waals surface area contributed by atoms with Gasteiger partial charge in [-0.25, -0.2) is 0 Å². The average molecular weight is 528 g/mol. The number of nitrogens with one attached hydrogen (secondary N) is 1. The van der Waals surface area contributed by atoms with Gasteiger partial charge < -0.3 is 36.6 Å². The number of hydrogen-bond acceptors (Lipinski definition) is 9. The Morgan fingerprint density at radius 3 is 2.21 bits per heavy atom. The number of benzene rings is 1. The number of carbonyl (C=O) groups is 4. The molecule has 3 aliphatic carbocycles. The summed E-state index contributed by atoms with van der Waals surface area (Å²) >= 11 is 0. The minimum Gasteiger partial charge on any atom is -0.505 e. The van der Waals surface area contributed by atoms with Crippen LogP contribution in [0.3, 0.4) is 0 Å². The summed E-state index contributed by atoms with van der Waals surface area (Å²) in [6.45, 7) is 7.94. The molecule has 3 aliphatic rings. The molecule has 0 bridgehead atoms. The van der Waals surface area contributed by atoms with E-state index in [1.807, 2.05) is 0 Å². The number of phenols is 1. The summed E-state index contributed by atoms with van der Waals surface area (Å²) in [5, 5.41) is 60.3. The maximum Gasteiger partial charge on any atom is 0.230 e. The number of phenolic OH excluding ortho intramolecular Hbond substituents is 1. The van der Waals surface area contributed by atoms with Crippen molar-refractivity contribution in [1.82, 2.24) is 0 Å². The molecule has 204 valence electrons. The third kappa shape index (κ3) is 3.11. The van der Waals surface area contributed by atoms with Gasteiger partial charge in [-0.2, -0.15) is 0 Å². The molecule has 0 spiro atoms. The minimum atomic E-state index is -2.87. The third-order valence-corrected chi connectivity index (χ3v) is 9.87. The summed E-state index contributed by atoms with van der Waals surface area (Å²) in [5.74, 6) is -10.9. The van der Waals surface area contributed by atoms with Gasteiger partial charge in [0.15, 0.2) is 23.0 Å². The van der Waals surface area contributed by atoms with Crippen LogP contribution in [0.1, 0.15) is 56.5 Å². The summed E-state index contributed by atoms with van der Waals surface area (Å²) in [5.41, 5.74) is -0.981. The van der Waals surface area contributed by atoms with Crippen LogP contribution in [0.4, 0.5) is 10.5 Å². The number of hydrogen-bond donors (Lipinski definition) is 7. The highest BCUT2D eigenvalue weighted by atomic mass is 16.4. The van der Waals surface area contributed by atoms with Gasteiger partial charge in [0.1, 0.15) is 17.8 Å². The number of aliphatic hydroxyl groups excluding tert-OH is 3. The minimum absolute atomic E-state index is 0.166. The van der Waals surface area contributed by atoms with Crippen molar-refractivity contribution in [3.05, 3.63) is 23.3 Å². The topological polar surface area (TPSA) is 207 Å². The number of ketones is 2. The predicted octanol–water partition coefficient (Wildman–Crippen LogP) is -0.195. The number of nitrogens with two attached hydrogens (primary N) is 1. The van der Waals surface area contributed by atoms with Crippen LogP contribution in [-0.4, -0.2) is 80.6 Å². The molecule has 10 atom stereocenters. The zero-order valence-electron chi connectivity index (χ0n) is 21.8. The zero-order chi connectivity index (χ0) is 28.9. The van der Waals surface area contributed by atoms with E-state index >= 15 is 0 Å². The molecule has 2 radical (unpaired) electrons. The van der Waals surface area contributed by atoms with E-state index in [4.69, 9.17) is 13.6 Å². The van der Waals surface area contributed by atoms with Crippen LogP contribution < -0.4 is 11.1 Å². The number of primary amides is 1. The van der Waals surface area contributed by atoms with E-state index in [0.717, 1.165) is 0 Å². The molecular formula is C26H33BN2O9. The number of Topliss-reactive ketones (excluding diaryl/α,β-unsaturated/α-hetero) is 2.